The molecule has 0 spiro atoms. The number of nitrogens with zero attached hydrogens (tertiary/aromatic N) is 3. The third-order valence-electron chi connectivity index (χ3n) is 5.39. The van der Waals surface area contributed by atoms with Crippen LogP contribution < -0.4 is 19.5 Å². The lowest BCUT2D eigenvalue weighted by molar-refractivity contribution is 0.0159. The zero-order valence-corrected chi connectivity index (χ0v) is 18.1. The van der Waals surface area contributed by atoms with Crippen LogP contribution in [0.15, 0.2) is 47.6 Å². The molecule has 0 radical (unpaired) electrons. The van der Waals surface area contributed by atoms with Gasteiger partial charge in [0.1, 0.15) is 5.75 Å². The summed E-state index contributed by atoms with van der Waals surface area (Å²) in [4.78, 5) is 2.89. The van der Waals surface area contributed by atoms with E-state index in [0.717, 1.165) is 43.0 Å². The molecule has 1 saturated heterocycles. The summed E-state index contributed by atoms with van der Waals surface area (Å²) < 4.78 is 22.4. The van der Waals surface area contributed by atoms with E-state index in [9.17, 15) is 0 Å². The summed E-state index contributed by atoms with van der Waals surface area (Å²) in [5.74, 6) is 2.24. The van der Waals surface area contributed by atoms with Gasteiger partial charge in [-0.05, 0) is 47.3 Å². The number of hydrogen-bond donors (Lipinski definition) is 1. The Morgan fingerprint density at radius 2 is 1.90 bits per heavy atom. The lowest BCUT2D eigenvalue weighted by atomic mass is 9.88. The highest BCUT2D eigenvalue weighted by Crippen LogP contribution is 2.35. The highest BCUT2D eigenvalue weighted by molar-refractivity contribution is 5.46. The molecular formula is C23H30N4O4. The smallest absolute Gasteiger partial charge is 0.161 e. The maximum absolute atomic E-state index is 8.68. The molecule has 1 aliphatic heterocycles. The lowest BCUT2D eigenvalue weighted by Gasteiger charge is -2.23. The van der Waals surface area contributed by atoms with Crippen molar-refractivity contribution in [2.75, 3.05) is 47.1 Å². The van der Waals surface area contributed by atoms with Gasteiger partial charge in [0.05, 0.1) is 33.5 Å². The van der Waals surface area contributed by atoms with Gasteiger partial charge < -0.3 is 24.3 Å². The minimum atomic E-state index is 0.0565. The van der Waals surface area contributed by atoms with Crippen LogP contribution >= 0.6 is 0 Å². The van der Waals surface area contributed by atoms with Crippen LogP contribution in [0.3, 0.4) is 0 Å². The Labute approximate surface area is 183 Å². The standard InChI is InChI=1S/C23H30N4O4/c1-28-22-8-5-18(15-23(22)29-2)21(9-11-26-27-24)17-3-6-19(7-4-17)30-13-10-20-16-25-12-14-31-20/h3-8,15,20-21,25H,9-14,16H2,1-2H3. The van der Waals surface area contributed by atoms with E-state index >= 15 is 0 Å². The van der Waals surface area contributed by atoms with E-state index in [4.69, 9.17) is 24.5 Å². The minimum Gasteiger partial charge on any atom is -0.493 e. The fraction of sp³-hybridized carbons (Fsp3) is 0.478. The summed E-state index contributed by atoms with van der Waals surface area (Å²) in [5.41, 5.74) is 10.9. The summed E-state index contributed by atoms with van der Waals surface area (Å²) >= 11 is 0. The molecule has 0 saturated carbocycles. The number of azide groups is 1. The largest absolute Gasteiger partial charge is 0.493 e. The normalized spacial score (nSPS) is 16.8. The van der Waals surface area contributed by atoms with E-state index in [1.165, 1.54) is 0 Å². The van der Waals surface area contributed by atoms with Crippen LogP contribution in [0.2, 0.25) is 0 Å². The third-order valence-corrected chi connectivity index (χ3v) is 5.39. The Hall–Kier alpha value is -2.93. The topological polar surface area (TPSA) is 97.7 Å². The maximum Gasteiger partial charge on any atom is 0.161 e. The first-order chi connectivity index (χ1) is 15.2. The predicted molar refractivity (Wildman–Crippen MR) is 119 cm³/mol. The fourth-order valence-electron chi connectivity index (χ4n) is 3.74. The van der Waals surface area contributed by atoms with E-state index in [0.29, 0.717) is 31.1 Å². The monoisotopic (exact) mass is 426 g/mol. The minimum absolute atomic E-state index is 0.0565. The molecule has 1 N–H and O–H groups in total. The molecule has 8 nitrogen and oxygen atoms in total. The first-order valence-electron chi connectivity index (χ1n) is 10.5. The zero-order chi connectivity index (χ0) is 21.9. The van der Waals surface area contributed by atoms with Crippen molar-refractivity contribution in [3.8, 4) is 17.2 Å². The Balaban J connectivity index is 1.69. The van der Waals surface area contributed by atoms with Crippen LogP contribution in [0.4, 0.5) is 0 Å². The molecule has 1 fully saturated rings. The van der Waals surface area contributed by atoms with Crippen molar-refractivity contribution in [2.45, 2.75) is 24.9 Å². The zero-order valence-electron chi connectivity index (χ0n) is 18.1. The van der Waals surface area contributed by atoms with Gasteiger partial charge in [0.15, 0.2) is 11.5 Å². The molecule has 0 bridgehead atoms. The summed E-state index contributed by atoms with van der Waals surface area (Å²) in [6.07, 6.45) is 1.75. The van der Waals surface area contributed by atoms with Crippen LogP contribution in [-0.4, -0.2) is 53.2 Å². The van der Waals surface area contributed by atoms with E-state index in [-0.39, 0.29) is 12.0 Å². The molecule has 0 amide bonds. The number of nitrogens with one attached hydrogen (secondary N) is 1. The van der Waals surface area contributed by atoms with Crippen LogP contribution in [0.25, 0.3) is 10.4 Å². The molecule has 1 heterocycles. The molecule has 3 rings (SSSR count). The van der Waals surface area contributed by atoms with Gasteiger partial charge in [-0.15, -0.1) is 0 Å². The highest BCUT2D eigenvalue weighted by Gasteiger charge is 2.17. The molecule has 166 valence electrons. The van der Waals surface area contributed by atoms with Crippen molar-refractivity contribution in [1.29, 1.82) is 0 Å². The summed E-state index contributed by atoms with van der Waals surface area (Å²) in [6, 6.07) is 14.0. The van der Waals surface area contributed by atoms with Crippen molar-refractivity contribution in [3.05, 3.63) is 64.0 Å². The molecule has 8 heteroatoms. The molecule has 2 atom stereocenters. The summed E-state index contributed by atoms with van der Waals surface area (Å²) in [6.45, 7) is 3.57. The summed E-state index contributed by atoms with van der Waals surface area (Å²) in [7, 11) is 3.24. The summed E-state index contributed by atoms with van der Waals surface area (Å²) in [5, 5.41) is 7.05. The number of morpholine rings is 1. The Morgan fingerprint density at radius 3 is 2.58 bits per heavy atom. The molecular weight excluding hydrogens is 396 g/mol. The molecule has 0 aromatic heterocycles. The predicted octanol–water partition coefficient (Wildman–Crippen LogP) is 4.29. The van der Waals surface area contributed by atoms with Gasteiger partial charge in [0.2, 0.25) is 0 Å². The Morgan fingerprint density at radius 1 is 1.13 bits per heavy atom. The van der Waals surface area contributed by atoms with Gasteiger partial charge in [-0.2, -0.15) is 0 Å². The van der Waals surface area contributed by atoms with Gasteiger partial charge in [0.25, 0.3) is 0 Å². The lowest BCUT2D eigenvalue weighted by Crippen LogP contribution is -2.39. The van der Waals surface area contributed by atoms with Gasteiger partial charge >= 0.3 is 0 Å². The number of benzene rings is 2. The van der Waals surface area contributed by atoms with Crippen LogP contribution in [0.1, 0.15) is 29.9 Å². The SMILES string of the molecule is COc1ccc(C(CCN=[N+]=[N-])c2ccc(OCCC3CNCCO3)cc2)cc1OC. The van der Waals surface area contributed by atoms with Crippen molar-refractivity contribution >= 4 is 0 Å². The van der Waals surface area contributed by atoms with Crippen LogP contribution in [0.5, 0.6) is 17.2 Å². The fourth-order valence-corrected chi connectivity index (χ4v) is 3.74. The molecule has 2 aromatic carbocycles. The highest BCUT2D eigenvalue weighted by atomic mass is 16.5. The second kappa shape index (κ2) is 12.1. The average molecular weight is 427 g/mol. The van der Waals surface area contributed by atoms with E-state index < -0.39 is 0 Å². The first kappa shape index (κ1) is 22.7. The quantitative estimate of drug-likeness (QED) is 0.328. The molecule has 2 unspecified atom stereocenters. The third kappa shape index (κ3) is 6.52. The number of methoxy groups -OCH3 is 2. The number of ether oxygens (including phenoxy) is 4. The van der Waals surface area contributed by atoms with Crippen molar-refractivity contribution in [1.82, 2.24) is 5.32 Å². The average Bonchev–Trinajstić information content (AvgIpc) is 2.83. The number of rotatable bonds is 11. The van der Waals surface area contributed by atoms with Gasteiger partial charge in [-0.1, -0.05) is 23.3 Å². The maximum atomic E-state index is 8.68. The van der Waals surface area contributed by atoms with Crippen LogP contribution in [-0.2, 0) is 4.74 Å². The Kier molecular flexibility index (Phi) is 8.84. The molecule has 0 aliphatic carbocycles. The van der Waals surface area contributed by atoms with E-state index in [1.807, 2.05) is 30.3 Å². The van der Waals surface area contributed by atoms with Gasteiger partial charge in [0, 0.05) is 36.9 Å². The van der Waals surface area contributed by atoms with Gasteiger partial charge in [-0.3, -0.25) is 0 Å². The molecule has 2 aromatic rings. The second-order valence-electron chi connectivity index (χ2n) is 7.31. The van der Waals surface area contributed by atoms with Crippen LogP contribution in [0, 0.1) is 0 Å². The van der Waals surface area contributed by atoms with E-state index in [2.05, 4.69) is 27.5 Å². The van der Waals surface area contributed by atoms with Crippen molar-refractivity contribution in [3.63, 3.8) is 0 Å². The van der Waals surface area contributed by atoms with Crippen molar-refractivity contribution in [2.24, 2.45) is 5.11 Å². The molecule has 1 aliphatic rings. The number of hydrogen-bond acceptors (Lipinski definition) is 6. The van der Waals surface area contributed by atoms with Gasteiger partial charge in [-0.25, -0.2) is 0 Å². The second-order valence-corrected chi connectivity index (χ2v) is 7.31. The van der Waals surface area contributed by atoms with Crippen molar-refractivity contribution < 1.29 is 18.9 Å². The Bertz CT molecular complexity index is 862. The van der Waals surface area contributed by atoms with E-state index in [1.54, 1.807) is 14.2 Å². The first-order valence-corrected chi connectivity index (χ1v) is 10.5. The molecule has 31 heavy (non-hydrogen) atoms.